The van der Waals surface area contributed by atoms with Gasteiger partial charge in [0.25, 0.3) is 5.95 Å². The van der Waals surface area contributed by atoms with Gasteiger partial charge in [-0.1, -0.05) is 9.89 Å². The first-order chi connectivity index (χ1) is 10.5. The molecule has 0 spiro atoms. The molecule has 116 valence electrons. The van der Waals surface area contributed by atoms with E-state index in [1.807, 2.05) is 6.92 Å². The molecule has 2 rings (SSSR count). The quantitative estimate of drug-likeness (QED) is 0.478. The van der Waals surface area contributed by atoms with Crippen LogP contribution in [-0.2, 0) is 4.79 Å². The van der Waals surface area contributed by atoms with Crippen molar-refractivity contribution in [2.45, 2.75) is 13.8 Å². The van der Waals surface area contributed by atoms with Crippen molar-refractivity contribution in [3.8, 4) is 11.5 Å². The smallest absolute Gasteiger partial charge is 0.308 e. The number of aromatic nitrogens is 4. The number of nitrogen functional groups attached to an aromatic ring is 1. The number of hydrogen-bond acceptors (Lipinski definition) is 8. The Morgan fingerprint density at radius 2 is 2.27 bits per heavy atom. The minimum Gasteiger partial charge on any atom is -0.490 e. The fourth-order valence-electron chi connectivity index (χ4n) is 1.54. The number of benzene rings is 1. The minimum atomic E-state index is -0.435. The Balaban J connectivity index is 2.35. The molecule has 1 heterocycles. The minimum absolute atomic E-state index is 0.0638. The van der Waals surface area contributed by atoms with Crippen LogP contribution >= 0.6 is 15.9 Å². The molecule has 2 N–H and O–H groups in total. The SMILES string of the molecule is CCOc1cc(/C=N\n2nnnc2N)c(Br)cc1OC(C)=O. The van der Waals surface area contributed by atoms with E-state index < -0.39 is 5.97 Å². The molecular formula is C12H13BrN6O3. The molecule has 0 atom stereocenters. The second-order valence-electron chi connectivity index (χ2n) is 4.02. The van der Waals surface area contributed by atoms with E-state index in [9.17, 15) is 4.79 Å². The molecule has 1 aromatic heterocycles. The Labute approximate surface area is 134 Å². The lowest BCUT2D eigenvalue weighted by Gasteiger charge is -2.11. The number of anilines is 1. The lowest BCUT2D eigenvalue weighted by Crippen LogP contribution is -2.05. The van der Waals surface area contributed by atoms with E-state index >= 15 is 0 Å². The van der Waals surface area contributed by atoms with Gasteiger partial charge in [-0.2, -0.15) is 5.10 Å². The maximum Gasteiger partial charge on any atom is 0.308 e. The summed E-state index contributed by atoms with van der Waals surface area (Å²) in [6.07, 6.45) is 1.50. The fraction of sp³-hybridized carbons (Fsp3) is 0.250. The van der Waals surface area contributed by atoms with Crippen LogP contribution in [0.4, 0.5) is 5.95 Å². The molecule has 0 saturated heterocycles. The van der Waals surface area contributed by atoms with Gasteiger partial charge in [-0.05, 0) is 45.4 Å². The number of nitrogens with two attached hydrogens (primary N) is 1. The van der Waals surface area contributed by atoms with E-state index in [4.69, 9.17) is 15.2 Å². The standard InChI is InChI=1S/C12H13BrN6O3/c1-3-21-10-4-8(6-15-19-12(14)16-17-18-19)9(13)5-11(10)22-7(2)20/h4-6H,3H2,1-2H3,(H2,14,16,18)/b15-6-. The average molecular weight is 369 g/mol. The molecule has 0 amide bonds. The second kappa shape index (κ2) is 6.98. The van der Waals surface area contributed by atoms with Gasteiger partial charge in [0.2, 0.25) is 0 Å². The van der Waals surface area contributed by atoms with Crippen molar-refractivity contribution < 1.29 is 14.3 Å². The number of carbonyl (C=O) groups is 1. The van der Waals surface area contributed by atoms with Crippen LogP contribution in [-0.4, -0.2) is 39.1 Å². The molecule has 0 radical (unpaired) electrons. The Kier molecular flexibility index (Phi) is 5.04. The molecule has 1 aromatic carbocycles. The van der Waals surface area contributed by atoms with Crippen molar-refractivity contribution in [1.29, 1.82) is 0 Å². The Morgan fingerprint density at radius 1 is 1.50 bits per heavy atom. The number of hydrogen-bond donors (Lipinski definition) is 1. The van der Waals surface area contributed by atoms with Gasteiger partial charge in [0.05, 0.1) is 12.8 Å². The van der Waals surface area contributed by atoms with E-state index in [1.54, 1.807) is 12.1 Å². The molecule has 22 heavy (non-hydrogen) atoms. The number of halogens is 1. The first kappa shape index (κ1) is 15.9. The summed E-state index contributed by atoms with van der Waals surface area (Å²) in [7, 11) is 0. The topological polar surface area (TPSA) is 118 Å². The van der Waals surface area contributed by atoms with Crippen LogP contribution in [0.1, 0.15) is 19.4 Å². The van der Waals surface area contributed by atoms with E-state index in [2.05, 4.69) is 36.6 Å². The number of nitrogens with zero attached hydrogens (tertiary/aromatic N) is 5. The first-order valence-electron chi connectivity index (χ1n) is 6.24. The highest BCUT2D eigenvalue weighted by molar-refractivity contribution is 9.10. The van der Waals surface area contributed by atoms with Crippen LogP contribution < -0.4 is 15.2 Å². The molecule has 0 aliphatic rings. The van der Waals surface area contributed by atoms with Crippen molar-refractivity contribution in [3.63, 3.8) is 0 Å². The van der Waals surface area contributed by atoms with Crippen molar-refractivity contribution in [1.82, 2.24) is 20.3 Å². The molecule has 0 aliphatic carbocycles. The predicted molar refractivity (Wildman–Crippen MR) is 81.8 cm³/mol. The number of tetrazole rings is 1. The van der Waals surface area contributed by atoms with Crippen molar-refractivity contribution in [2.24, 2.45) is 5.10 Å². The molecule has 0 bridgehead atoms. The first-order valence-corrected chi connectivity index (χ1v) is 7.03. The van der Waals surface area contributed by atoms with Gasteiger partial charge in [0.15, 0.2) is 11.5 Å². The summed E-state index contributed by atoms with van der Waals surface area (Å²) in [4.78, 5) is 12.2. The molecule has 9 nitrogen and oxygen atoms in total. The third-order valence-corrected chi connectivity index (χ3v) is 3.09. The molecular weight excluding hydrogens is 356 g/mol. The largest absolute Gasteiger partial charge is 0.490 e. The average Bonchev–Trinajstić information content (AvgIpc) is 2.85. The maximum atomic E-state index is 11.1. The molecule has 2 aromatic rings. The summed E-state index contributed by atoms with van der Waals surface area (Å²) < 4.78 is 11.2. The van der Waals surface area contributed by atoms with Gasteiger partial charge in [-0.15, -0.1) is 0 Å². The summed E-state index contributed by atoms with van der Waals surface area (Å²) >= 11 is 3.37. The van der Waals surface area contributed by atoms with Crippen LogP contribution in [0.3, 0.4) is 0 Å². The zero-order valence-electron chi connectivity index (χ0n) is 11.9. The van der Waals surface area contributed by atoms with E-state index in [-0.39, 0.29) is 5.95 Å². The Bertz CT molecular complexity index is 715. The monoisotopic (exact) mass is 368 g/mol. The van der Waals surface area contributed by atoms with E-state index in [0.29, 0.717) is 28.1 Å². The van der Waals surface area contributed by atoms with Crippen LogP contribution in [0.15, 0.2) is 21.7 Å². The lowest BCUT2D eigenvalue weighted by atomic mass is 10.2. The normalized spacial score (nSPS) is 10.9. The summed E-state index contributed by atoms with van der Waals surface area (Å²) in [5.74, 6) is 0.372. The summed E-state index contributed by atoms with van der Waals surface area (Å²) in [5, 5.41) is 14.5. The van der Waals surface area contributed by atoms with Crippen LogP contribution in [0.5, 0.6) is 11.5 Å². The van der Waals surface area contributed by atoms with Crippen LogP contribution in [0.2, 0.25) is 0 Å². The van der Waals surface area contributed by atoms with Crippen LogP contribution in [0.25, 0.3) is 0 Å². The van der Waals surface area contributed by atoms with E-state index in [1.165, 1.54) is 13.1 Å². The summed E-state index contributed by atoms with van der Waals surface area (Å²) in [5.41, 5.74) is 6.19. The van der Waals surface area contributed by atoms with Gasteiger partial charge < -0.3 is 15.2 Å². The number of carbonyl (C=O) groups excluding carboxylic acids is 1. The van der Waals surface area contributed by atoms with Gasteiger partial charge in [0.1, 0.15) is 0 Å². The Morgan fingerprint density at radius 3 is 2.86 bits per heavy atom. The van der Waals surface area contributed by atoms with Gasteiger partial charge in [-0.25, -0.2) is 0 Å². The molecule has 0 aliphatic heterocycles. The highest BCUT2D eigenvalue weighted by Gasteiger charge is 2.12. The predicted octanol–water partition coefficient (Wildman–Crippen LogP) is 1.22. The van der Waals surface area contributed by atoms with Gasteiger partial charge in [0, 0.05) is 17.0 Å². The van der Waals surface area contributed by atoms with E-state index in [0.717, 1.165) is 4.79 Å². The van der Waals surface area contributed by atoms with Crippen molar-refractivity contribution >= 4 is 34.1 Å². The third kappa shape index (κ3) is 3.79. The maximum absolute atomic E-state index is 11.1. The lowest BCUT2D eigenvalue weighted by molar-refractivity contribution is -0.132. The summed E-state index contributed by atoms with van der Waals surface area (Å²) in [6, 6.07) is 3.30. The number of rotatable bonds is 5. The molecule has 0 fully saturated rings. The Hall–Kier alpha value is -2.49. The fourth-order valence-corrected chi connectivity index (χ4v) is 1.97. The van der Waals surface area contributed by atoms with Crippen molar-refractivity contribution in [3.05, 3.63) is 22.2 Å². The zero-order valence-corrected chi connectivity index (χ0v) is 13.4. The highest BCUT2D eigenvalue weighted by atomic mass is 79.9. The summed E-state index contributed by atoms with van der Waals surface area (Å²) in [6.45, 7) is 3.57. The highest BCUT2D eigenvalue weighted by Crippen LogP contribution is 2.33. The van der Waals surface area contributed by atoms with Crippen molar-refractivity contribution in [2.75, 3.05) is 12.3 Å². The molecule has 0 saturated carbocycles. The van der Waals surface area contributed by atoms with Gasteiger partial charge >= 0.3 is 5.97 Å². The molecule has 10 heteroatoms. The third-order valence-electron chi connectivity index (χ3n) is 2.40. The second-order valence-corrected chi connectivity index (χ2v) is 4.87. The van der Waals surface area contributed by atoms with Crippen LogP contribution in [0, 0.1) is 0 Å². The molecule has 0 unspecified atom stereocenters. The van der Waals surface area contributed by atoms with Gasteiger partial charge in [-0.3, -0.25) is 4.79 Å². The number of ether oxygens (including phenoxy) is 2. The zero-order chi connectivity index (χ0) is 16.1. The number of esters is 1.